The number of hydrogen-bond acceptors (Lipinski definition) is 6. The molecule has 0 saturated heterocycles. The lowest BCUT2D eigenvalue weighted by Crippen LogP contribution is -2.30. The zero-order valence-electron chi connectivity index (χ0n) is 19.2. The quantitative estimate of drug-likeness (QED) is 0.621. The Balaban J connectivity index is 1.90. The molecule has 0 aromatic heterocycles. The maximum Gasteiger partial charge on any atom is 0.253 e. The Morgan fingerprint density at radius 3 is 2.34 bits per heavy atom. The number of carbonyl (C=O) groups excluding carboxylic acids is 2. The van der Waals surface area contributed by atoms with Crippen LogP contribution in [0.1, 0.15) is 31.8 Å². The van der Waals surface area contributed by atoms with E-state index in [4.69, 9.17) is 21.7 Å². The summed E-state index contributed by atoms with van der Waals surface area (Å²) in [6.45, 7) is 0.439. The molecule has 9 heteroatoms. The Morgan fingerprint density at radius 2 is 1.78 bits per heavy atom. The number of nitrogens with one attached hydrogen (secondary N) is 2. The molecular weight excluding hydrogens is 430 g/mol. The number of halogens is 1. The van der Waals surface area contributed by atoms with E-state index in [-0.39, 0.29) is 24.1 Å². The van der Waals surface area contributed by atoms with E-state index in [0.29, 0.717) is 39.7 Å². The third-order valence-electron chi connectivity index (χ3n) is 5.47. The number of carbonyl (C=O) groups is 2. The molecule has 1 aliphatic rings. The van der Waals surface area contributed by atoms with Crippen molar-refractivity contribution < 1.29 is 14.3 Å². The molecule has 8 nitrogen and oxygen atoms in total. The third kappa shape index (κ3) is 4.23. The molecule has 0 saturated carbocycles. The lowest BCUT2D eigenvalue weighted by atomic mass is 10.0. The monoisotopic (exact) mass is 457 g/mol. The van der Waals surface area contributed by atoms with E-state index < -0.39 is 0 Å². The minimum absolute atomic E-state index is 0.0235. The van der Waals surface area contributed by atoms with Crippen molar-refractivity contribution in [1.29, 1.82) is 5.41 Å². The minimum Gasteiger partial charge on any atom is -0.493 e. The van der Waals surface area contributed by atoms with Crippen molar-refractivity contribution >= 4 is 40.5 Å². The number of ether oxygens (including phenoxy) is 1. The number of hydrogen-bond donors (Lipinski definition) is 2. The number of methoxy groups -OCH3 is 1. The van der Waals surface area contributed by atoms with E-state index >= 15 is 0 Å². The number of amidine groups is 1. The van der Waals surface area contributed by atoms with Gasteiger partial charge in [-0.1, -0.05) is 11.6 Å². The average Bonchev–Trinajstić information content (AvgIpc) is 3.05. The lowest BCUT2D eigenvalue weighted by molar-refractivity contribution is 0.0955. The molecule has 2 aromatic rings. The first-order chi connectivity index (χ1) is 15.1. The van der Waals surface area contributed by atoms with Gasteiger partial charge in [0, 0.05) is 58.6 Å². The predicted molar refractivity (Wildman–Crippen MR) is 128 cm³/mol. The number of Topliss-reactive ketones (excluding diaryl/α,β-unsaturated/α-hetero) is 1. The highest BCUT2D eigenvalue weighted by Crippen LogP contribution is 2.36. The Hall–Kier alpha value is -3.26. The summed E-state index contributed by atoms with van der Waals surface area (Å²) in [6.07, 6.45) is 0. The summed E-state index contributed by atoms with van der Waals surface area (Å²) in [5.41, 5.74) is 3.97. The zero-order valence-corrected chi connectivity index (χ0v) is 19.9. The van der Waals surface area contributed by atoms with E-state index in [1.165, 1.54) is 7.11 Å². The second kappa shape index (κ2) is 9.08. The fourth-order valence-corrected chi connectivity index (χ4v) is 4.09. The number of rotatable bonds is 7. The topological polar surface area (TPSA) is 89.0 Å². The molecule has 32 heavy (non-hydrogen) atoms. The first-order valence-electron chi connectivity index (χ1n) is 10.1. The van der Waals surface area contributed by atoms with Crippen LogP contribution in [0.25, 0.3) is 0 Å². The van der Waals surface area contributed by atoms with Gasteiger partial charge in [-0.15, -0.1) is 0 Å². The summed E-state index contributed by atoms with van der Waals surface area (Å²) in [7, 11) is 10.5. The van der Waals surface area contributed by atoms with E-state index in [2.05, 4.69) is 5.32 Å². The Bertz CT molecular complexity index is 1100. The lowest BCUT2D eigenvalue weighted by Gasteiger charge is -2.20. The van der Waals surface area contributed by atoms with Crippen molar-refractivity contribution in [3.8, 4) is 5.75 Å². The number of nitrogens with zero attached hydrogens (tertiary/aromatic N) is 3. The molecule has 0 unspecified atom stereocenters. The Morgan fingerprint density at radius 1 is 1.12 bits per heavy atom. The average molecular weight is 458 g/mol. The molecule has 3 rings (SSSR count). The first-order valence-corrected chi connectivity index (χ1v) is 10.4. The van der Waals surface area contributed by atoms with Gasteiger partial charge in [-0.2, -0.15) is 0 Å². The highest BCUT2D eigenvalue weighted by Gasteiger charge is 2.29. The van der Waals surface area contributed by atoms with E-state index in [1.807, 2.05) is 44.1 Å². The molecule has 1 amide bonds. The van der Waals surface area contributed by atoms with E-state index in [1.54, 1.807) is 30.1 Å². The van der Waals surface area contributed by atoms with Crippen molar-refractivity contribution in [3.63, 3.8) is 0 Å². The number of anilines is 2. The summed E-state index contributed by atoms with van der Waals surface area (Å²) >= 11 is 6.35. The molecule has 0 radical (unpaired) electrons. The first kappa shape index (κ1) is 23.4. The Kier molecular flexibility index (Phi) is 6.64. The van der Waals surface area contributed by atoms with Gasteiger partial charge >= 0.3 is 0 Å². The van der Waals surface area contributed by atoms with Crippen LogP contribution in [0.5, 0.6) is 5.75 Å². The fourth-order valence-electron chi connectivity index (χ4n) is 3.80. The summed E-state index contributed by atoms with van der Waals surface area (Å²) in [5, 5.41) is 11.6. The largest absolute Gasteiger partial charge is 0.493 e. The number of benzene rings is 2. The van der Waals surface area contributed by atoms with Gasteiger partial charge in [0.25, 0.3) is 5.91 Å². The number of ketones is 1. The molecule has 0 bridgehead atoms. The van der Waals surface area contributed by atoms with Crippen molar-refractivity contribution in [2.24, 2.45) is 0 Å². The van der Waals surface area contributed by atoms with Crippen LogP contribution in [0.2, 0.25) is 5.02 Å². The van der Waals surface area contributed by atoms with Crippen LogP contribution in [0.15, 0.2) is 24.3 Å². The Labute approximate surface area is 193 Å². The smallest absolute Gasteiger partial charge is 0.253 e. The number of fused-ring (bicyclic) bond motifs is 1. The predicted octanol–water partition coefficient (Wildman–Crippen LogP) is 2.86. The highest BCUT2D eigenvalue weighted by molar-refractivity contribution is 6.33. The highest BCUT2D eigenvalue weighted by atomic mass is 35.5. The van der Waals surface area contributed by atoms with Gasteiger partial charge in [-0.05, 0) is 29.8 Å². The third-order valence-corrected chi connectivity index (χ3v) is 5.75. The fraction of sp³-hybridized carbons (Fsp3) is 0.348. The maximum atomic E-state index is 13.1. The normalized spacial score (nSPS) is 12.5. The second-order valence-electron chi connectivity index (χ2n) is 8.03. The van der Waals surface area contributed by atoms with Gasteiger partial charge in [0.1, 0.15) is 5.84 Å². The van der Waals surface area contributed by atoms with Crippen molar-refractivity contribution in [3.05, 3.63) is 51.5 Å². The van der Waals surface area contributed by atoms with Gasteiger partial charge in [-0.25, -0.2) is 0 Å². The van der Waals surface area contributed by atoms with Gasteiger partial charge < -0.3 is 24.8 Å². The molecule has 0 spiro atoms. The van der Waals surface area contributed by atoms with E-state index in [0.717, 1.165) is 11.3 Å². The van der Waals surface area contributed by atoms with Crippen LogP contribution in [0.3, 0.4) is 0 Å². The van der Waals surface area contributed by atoms with Crippen LogP contribution >= 0.6 is 11.6 Å². The van der Waals surface area contributed by atoms with Crippen LogP contribution in [-0.4, -0.2) is 71.3 Å². The molecule has 1 heterocycles. The summed E-state index contributed by atoms with van der Waals surface area (Å²) in [4.78, 5) is 30.8. The molecule has 2 aromatic carbocycles. The SMILES string of the molecule is CNC(=O)c1cc2c(cc1N(C)C)CN(CC(=O)c1cc(Cl)c(OC)c(N(C)C)c1)C2=N. The zero-order chi connectivity index (χ0) is 23.7. The van der Waals surface area contributed by atoms with Gasteiger partial charge in [0.15, 0.2) is 11.5 Å². The van der Waals surface area contributed by atoms with Crippen LogP contribution < -0.4 is 19.9 Å². The molecule has 0 aliphatic carbocycles. The van der Waals surface area contributed by atoms with Crippen molar-refractivity contribution in [2.45, 2.75) is 6.54 Å². The van der Waals surface area contributed by atoms with Crippen molar-refractivity contribution in [2.75, 3.05) is 58.7 Å². The molecule has 2 N–H and O–H groups in total. The van der Waals surface area contributed by atoms with Gasteiger partial charge in [0.2, 0.25) is 0 Å². The summed E-state index contributed by atoms with van der Waals surface area (Å²) in [5.74, 6) is 0.348. The summed E-state index contributed by atoms with van der Waals surface area (Å²) < 4.78 is 5.37. The van der Waals surface area contributed by atoms with Crippen LogP contribution in [0, 0.1) is 5.41 Å². The van der Waals surface area contributed by atoms with Crippen molar-refractivity contribution in [1.82, 2.24) is 10.2 Å². The van der Waals surface area contributed by atoms with Crippen LogP contribution in [0.4, 0.5) is 11.4 Å². The number of amides is 1. The standard InChI is InChI=1S/C23H28ClN5O3/c1-26-23(31)16-10-15-14(9-18(16)27(2)3)11-29(22(15)25)12-20(30)13-7-17(24)21(32-6)19(8-13)28(4)5/h7-10,25H,11-12H2,1-6H3,(H,26,31). The van der Waals surface area contributed by atoms with E-state index in [9.17, 15) is 9.59 Å². The summed E-state index contributed by atoms with van der Waals surface area (Å²) in [6, 6.07) is 6.97. The molecule has 170 valence electrons. The van der Waals surface area contributed by atoms with Gasteiger partial charge in [0.05, 0.1) is 29.9 Å². The van der Waals surface area contributed by atoms with Crippen LogP contribution in [-0.2, 0) is 6.54 Å². The molecule has 1 aliphatic heterocycles. The maximum absolute atomic E-state index is 13.1. The minimum atomic E-state index is -0.220. The van der Waals surface area contributed by atoms with Gasteiger partial charge in [-0.3, -0.25) is 15.0 Å². The molecule has 0 fully saturated rings. The molecular formula is C23H28ClN5O3. The second-order valence-corrected chi connectivity index (χ2v) is 8.44. The molecule has 0 atom stereocenters.